The third kappa shape index (κ3) is 11.5. The molecule has 0 saturated heterocycles. The smallest absolute Gasteiger partial charge is 0.0998 e. The molecule has 0 saturated carbocycles. The highest BCUT2D eigenvalue weighted by Crippen LogP contribution is 2.33. The lowest BCUT2D eigenvalue weighted by molar-refractivity contribution is 0.0743. The maximum absolute atomic E-state index is 5.99. The summed E-state index contributed by atoms with van der Waals surface area (Å²) in [6.07, 6.45) is 2.94. The van der Waals surface area contributed by atoms with Gasteiger partial charge in [0.05, 0.1) is 11.9 Å². The van der Waals surface area contributed by atoms with E-state index >= 15 is 0 Å². The molecule has 7 heteroatoms. The Hall–Kier alpha value is 0.230. The molecule has 25 heavy (non-hydrogen) atoms. The number of allylic oxidation sites excluding steroid dienone is 1. The van der Waals surface area contributed by atoms with E-state index in [1.165, 1.54) is 17.3 Å². The second-order valence-corrected chi connectivity index (χ2v) is 11.0. The van der Waals surface area contributed by atoms with Gasteiger partial charge in [0.15, 0.2) is 0 Å². The summed E-state index contributed by atoms with van der Waals surface area (Å²) in [6, 6.07) is 5.92. The topological polar surface area (TPSA) is 47.3 Å². The number of nitrogens with one attached hydrogen (secondary N) is 1. The SMILES string of the molecule is CC(C)(C)O/C=C(/SNN)C(C)(C)C.CCPc1c(Cl)cccc1Br. The number of ether oxygens (including phenoxy) is 1. The molecule has 0 heterocycles. The van der Waals surface area contributed by atoms with Crippen molar-refractivity contribution in [3.8, 4) is 0 Å². The first kappa shape index (κ1) is 25.2. The summed E-state index contributed by atoms with van der Waals surface area (Å²) < 4.78 is 6.72. The van der Waals surface area contributed by atoms with Crippen molar-refractivity contribution >= 4 is 53.4 Å². The summed E-state index contributed by atoms with van der Waals surface area (Å²) in [5, 5.41) is 2.12. The molecule has 0 aliphatic heterocycles. The lowest BCUT2D eigenvalue weighted by Gasteiger charge is -2.24. The number of rotatable bonds is 5. The molecule has 0 aromatic heterocycles. The number of hydrogen-bond acceptors (Lipinski definition) is 4. The van der Waals surface area contributed by atoms with Crippen LogP contribution in [0.3, 0.4) is 0 Å². The van der Waals surface area contributed by atoms with Gasteiger partial charge in [-0.1, -0.05) is 69.9 Å². The minimum absolute atomic E-state index is 0.0439. The van der Waals surface area contributed by atoms with Gasteiger partial charge in [0, 0.05) is 19.7 Å². The molecule has 0 radical (unpaired) electrons. The summed E-state index contributed by atoms with van der Waals surface area (Å²) in [7, 11) is 0.806. The van der Waals surface area contributed by atoms with Gasteiger partial charge in [-0.05, 0) is 56.4 Å². The first-order chi connectivity index (χ1) is 11.4. The molecule has 0 aliphatic rings. The predicted octanol–water partition coefficient (Wildman–Crippen LogP) is 6.23. The van der Waals surface area contributed by atoms with E-state index < -0.39 is 0 Å². The third-order valence-electron chi connectivity index (χ3n) is 2.74. The molecule has 0 spiro atoms. The predicted molar refractivity (Wildman–Crippen MR) is 121 cm³/mol. The summed E-state index contributed by atoms with van der Waals surface area (Å²) in [4.78, 5) is 3.66. The molecule has 0 amide bonds. The lowest BCUT2D eigenvalue weighted by Crippen LogP contribution is -2.20. The maximum atomic E-state index is 5.99. The molecular formula is C18H31BrClN2OPS. The number of nitrogens with two attached hydrogens (primary N) is 1. The minimum Gasteiger partial charge on any atom is -0.495 e. The Kier molecular flexibility index (Phi) is 12.0. The van der Waals surface area contributed by atoms with Crippen LogP contribution in [0.5, 0.6) is 0 Å². The first-order valence-corrected chi connectivity index (χ1v) is 11.3. The van der Waals surface area contributed by atoms with Gasteiger partial charge in [0.1, 0.15) is 0 Å². The monoisotopic (exact) mass is 468 g/mol. The summed E-state index contributed by atoms with van der Waals surface area (Å²) >= 11 is 10.8. The molecular weight excluding hydrogens is 439 g/mol. The van der Waals surface area contributed by atoms with Crippen LogP contribution in [0.15, 0.2) is 33.8 Å². The van der Waals surface area contributed by atoms with Crippen molar-refractivity contribution in [3.05, 3.63) is 38.9 Å². The fourth-order valence-electron chi connectivity index (χ4n) is 1.49. The van der Waals surface area contributed by atoms with Crippen LogP contribution >= 0.6 is 48.1 Å². The molecule has 1 rings (SSSR count). The Morgan fingerprint density at radius 2 is 1.92 bits per heavy atom. The number of hydrogen-bond donors (Lipinski definition) is 2. The average molecular weight is 470 g/mol. The van der Waals surface area contributed by atoms with E-state index in [4.69, 9.17) is 22.2 Å². The van der Waals surface area contributed by atoms with Crippen LogP contribution < -0.4 is 16.0 Å². The Labute approximate surface area is 172 Å². The van der Waals surface area contributed by atoms with Gasteiger partial charge in [0.2, 0.25) is 0 Å². The lowest BCUT2D eigenvalue weighted by atomic mass is 9.97. The highest BCUT2D eigenvalue weighted by molar-refractivity contribution is 9.10. The number of halogens is 2. The van der Waals surface area contributed by atoms with Crippen molar-refractivity contribution in [2.45, 2.75) is 54.1 Å². The number of benzene rings is 1. The average Bonchev–Trinajstić information content (AvgIpc) is 2.46. The zero-order valence-corrected chi connectivity index (χ0v) is 20.3. The van der Waals surface area contributed by atoms with Crippen molar-refractivity contribution in [1.29, 1.82) is 0 Å². The Morgan fingerprint density at radius 3 is 2.32 bits per heavy atom. The maximum Gasteiger partial charge on any atom is 0.0998 e. The molecule has 0 aliphatic carbocycles. The first-order valence-electron chi connectivity index (χ1n) is 8.11. The summed E-state index contributed by atoms with van der Waals surface area (Å²) in [6.45, 7) is 14.6. The van der Waals surface area contributed by atoms with Crippen LogP contribution in [0.25, 0.3) is 0 Å². The Bertz CT molecular complexity index is 537. The highest BCUT2D eigenvalue weighted by Gasteiger charge is 2.19. The van der Waals surface area contributed by atoms with Crippen LogP contribution in [0.2, 0.25) is 5.02 Å². The molecule has 1 unspecified atom stereocenters. The normalized spacial score (nSPS) is 13.0. The van der Waals surface area contributed by atoms with E-state index in [0.717, 1.165) is 29.1 Å². The largest absolute Gasteiger partial charge is 0.495 e. The molecule has 1 aromatic rings. The van der Waals surface area contributed by atoms with Crippen molar-refractivity contribution in [2.75, 3.05) is 6.16 Å². The molecule has 1 aromatic carbocycles. The van der Waals surface area contributed by atoms with Gasteiger partial charge in [-0.25, -0.2) is 0 Å². The molecule has 1 atom stereocenters. The van der Waals surface area contributed by atoms with Crippen molar-refractivity contribution in [2.24, 2.45) is 11.3 Å². The second-order valence-electron chi connectivity index (χ2n) is 7.31. The fourth-order valence-corrected chi connectivity index (χ4v) is 4.15. The Morgan fingerprint density at radius 1 is 1.32 bits per heavy atom. The second kappa shape index (κ2) is 11.8. The van der Waals surface area contributed by atoms with E-state index in [0.29, 0.717) is 0 Å². The third-order valence-corrected chi connectivity index (χ3v) is 6.54. The summed E-state index contributed by atoms with van der Waals surface area (Å²) in [5.41, 5.74) is -0.117. The Balaban J connectivity index is 0.000000472. The van der Waals surface area contributed by atoms with Gasteiger partial charge in [-0.15, -0.1) is 0 Å². The molecule has 144 valence electrons. The van der Waals surface area contributed by atoms with Crippen LogP contribution in [0.1, 0.15) is 48.5 Å². The zero-order chi connectivity index (χ0) is 19.7. The van der Waals surface area contributed by atoms with Crippen LogP contribution in [-0.2, 0) is 4.74 Å². The van der Waals surface area contributed by atoms with Crippen LogP contribution in [-0.4, -0.2) is 11.8 Å². The molecule has 0 bridgehead atoms. The van der Waals surface area contributed by atoms with Gasteiger partial charge in [-0.3, -0.25) is 5.84 Å². The van der Waals surface area contributed by atoms with E-state index in [-0.39, 0.29) is 11.0 Å². The van der Waals surface area contributed by atoms with E-state index in [9.17, 15) is 0 Å². The van der Waals surface area contributed by atoms with E-state index in [2.05, 4.69) is 48.5 Å². The molecule has 0 fully saturated rings. The van der Waals surface area contributed by atoms with Gasteiger partial charge < -0.3 is 4.74 Å². The summed E-state index contributed by atoms with van der Waals surface area (Å²) in [5.74, 6) is 5.28. The van der Waals surface area contributed by atoms with Crippen LogP contribution in [0.4, 0.5) is 0 Å². The van der Waals surface area contributed by atoms with Gasteiger partial charge in [0.25, 0.3) is 0 Å². The molecule has 3 N–H and O–H groups in total. The van der Waals surface area contributed by atoms with E-state index in [1.807, 2.05) is 39.0 Å². The quantitative estimate of drug-likeness (QED) is 0.176. The van der Waals surface area contributed by atoms with Crippen molar-refractivity contribution in [1.82, 2.24) is 4.83 Å². The molecule has 3 nitrogen and oxygen atoms in total. The van der Waals surface area contributed by atoms with Crippen LogP contribution in [0, 0.1) is 5.41 Å². The standard InChI is InChI=1S/C10H22N2OS.C8H9BrClP/c1-9(2,3)8(14-12-11)7-13-10(4,5)6;1-2-11-8-6(9)4-3-5-7(8)10/h7,12H,11H2,1-6H3;3-5,11H,2H2,1H3/b8-7+;. The highest BCUT2D eigenvalue weighted by atomic mass is 79.9. The fraction of sp³-hybridized carbons (Fsp3) is 0.556. The van der Waals surface area contributed by atoms with Crippen molar-refractivity contribution in [3.63, 3.8) is 0 Å². The number of hydrazine groups is 1. The van der Waals surface area contributed by atoms with Gasteiger partial charge in [-0.2, -0.15) is 4.83 Å². The zero-order valence-electron chi connectivity index (χ0n) is 16.2. The van der Waals surface area contributed by atoms with E-state index in [1.54, 1.807) is 6.26 Å². The minimum atomic E-state index is -0.161. The van der Waals surface area contributed by atoms with Crippen molar-refractivity contribution < 1.29 is 4.74 Å². The van der Waals surface area contributed by atoms with Gasteiger partial charge >= 0.3 is 0 Å².